The highest BCUT2D eigenvalue weighted by Crippen LogP contribution is 2.75. The number of halogens is 2. The van der Waals surface area contributed by atoms with Crippen LogP contribution in [0.1, 0.15) is 40.0 Å². The first kappa shape index (κ1) is 10.1. The topological polar surface area (TPSA) is 0 Å². The van der Waals surface area contributed by atoms with Crippen molar-refractivity contribution in [1.29, 1.82) is 0 Å². The predicted molar refractivity (Wildman–Crippen MR) is 58.2 cm³/mol. The van der Waals surface area contributed by atoms with Crippen molar-refractivity contribution < 1.29 is 0 Å². The van der Waals surface area contributed by atoms with Crippen molar-refractivity contribution in [3.63, 3.8) is 0 Å². The summed E-state index contributed by atoms with van der Waals surface area (Å²) in [5.41, 5.74) is 0.238. The van der Waals surface area contributed by atoms with E-state index < -0.39 is 4.33 Å². The van der Waals surface area contributed by atoms with Gasteiger partial charge in [0, 0.05) is 11.3 Å². The Kier molecular flexibility index (Phi) is 2.17. The number of fused-ring (bicyclic) bond motifs is 1. The molecule has 0 aliphatic heterocycles. The van der Waals surface area contributed by atoms with Crippen LogP contribution in [0.4, 0.5) is 0 Å². The van der Waals surface area contributed by atoms with Crippen molar-refractivity contribution in [2.24, 2.45) is 23.2 Å². The highest BCUT2D eigenvalue weighted by Gasteiger charge is 2.73. The number of hydrogen-bond donors (Lipinski definition) is 0. The third-order valence-corrected chi connectivity index (χ3v) is 5.79. The summed E-state index contributed by atoms with van der Waals surface area (Å²) in [5.74, 6) is 2.19. The van der Waals surface area contributed by atoms with Gasteiger partial charge < -0.3 is 0 Å². The van der Waals surface area contributed by atoms with E-state index in [-0.39, 0.29) is 5.41 Å². The van der Waals surface area contributed by atoms with Gasteiger partial charge in [0.05, 0.1) is 0 Å². The molecule has 0 saturated heterocycles. The normalized spacial score (nSPS) is 47.5. The van der Waals surface area contributed by atoms with E-state index in [1.165, 1.54) is 19.3 Å². The predicted octanol–water partition coefficient (Wildman–Crippen LogP) is 4.25. The summed E-state index contributed by atoms with van der Waals surface area (Å²) in [4.78, 5) is 0. The van der Waals surface area contributed by atoms with Gasteiger partial charge in [-0.3, -0.25) is 0 Å². The summed E-state index contributed by atoms with van der Waals surface area (Å²) >= 11 is 12.6. The van der Waals surface area contributed by atoms with Crippen molar-refractivity contribution >= 4 is 23.2 Å². The SMILES string of the molecule is CC(C)[C@@H]1CC[C@@]2(C)[C@@H](C1)C2(Cl)Cl. The van der Waals surface area contributed by atoms with Crippen LogP contribution in [-0.2, 0) is 0 Å². The van der Waals surface area contributed by atoms with E-state index in [4.69, 9.17) is 23.2 Å². The zero-order valence-electron chi connectivity index (χ0n) is 8.61. The molecule has 0 spiro atoms. The fraction of sp³-hybridized carbons (Fsp3) is 1.00. The summed E-state index contributed by atoms with van der Waals surface area (Å²) in [5, 5.41) is 0. The molecule has 0 aromatic rings. The van der Waals surface area contributed by atoms with Crippen molar-refractivity contribution in [1.82, 2.24) is 0 Å². The lowest BCUT2D eigenvalue weighted by Crippen LogP contribution is -2.18. The molecule has 3 atom stereocenters. The van der Waals surface area contributed by atoms with E-state index in [0.29, 0.717) is 5.92 Å². The Labute approximate surface area is 91.0 Å². The summed E-state index contributed by atoms with van der Waals surface area (Å²) in [6, 6.07) is 0. The minimum absolute atomic E-state index is 0.238. The van der Waals surface area contributed by atoms with Crippen LogP contribution in [0.5, 0.6) is 0 Å². The van der Waals surface area contributed by atoms with Gasteiger partial charge in [0.2, 0.25) is 0 Å². The summed E-state index contributed by atoms with van der Waals surface area (Å²) in [6.07, 6.45) is 3.76. The van der Waals surface area contributed by atoms with Crippen LogP contribution in [0.15, 0.2) is 0 Å². The molecule has 2 fully saturated rings. The molecule has 2 rings (SSSR count). The van der Waals surface area contributed by atoms with E-state index in [2.05, 4.69) is 20.8 Å². The molecule has 2 heteroatoms. The Morgan fingerprint density at radius 1 is 1.31 bits per heavy atom. The molecule has 0 bridgehead atoms. The molecule has 0 aromatic heterocycles. The molecule has 76 valence electrons. The molecule has 0 amide bonds. The number of rotatable bonds is 1. The highest BCUT2D eigenvalue weighted by molar-refractivity contribution is 6.51. The van der Waals surface area contributed by atoms with Crippen molar-refractivity contribution in [2.45, 2.75) is 44.4 Å². The molecule has 2 aliphatic carbocycles. The quantitative estimate of drug-likeness (QED) is 0.580. The van der Waals surface area contributed by atoms with Gasteiger partial charge >= 0.3 is 0 Å². The molecule has 2 aliphatic rings. The van der Waals surface area contributed by atoms with E-state index in [0.717, 1.165) is 11.8 Å². The zero-order valence-corrected chi connectivity index (χ0v) is 10.1. The molecule has 0 heterocycles. The third kappa shape index (κ3) is 1.25. The van der Waals surface area contributed by atoms with Gasteiger partial charge in [-0.2, -0.15) is 0 Å². The second-order valence-corrected chi connectivity index (χ2v) is 6.76. The molecule has 2 saturated carbocycles. The average Bonchev–Trinajstić information content (AvgIpc) is 2.46. The van der Waals surface area contributed by atoms with Crippen LogP contribution in [0.3, 0.4) is 0 Å². The number of hydrogen-bond acceptors (Lipinski definition) is 0. The van der Waals surface area contributed by atoms with Crippen LogP contribution >= 0.6 is 23.2 Å². The number of alkyl halides is 2. The van der Waals surface area contributed by atoms with E-state index in [1.54, 1.807) is 0 Å². The van der Waals surface area contributed by atoms with Gasteiger partial charge in [0.15, 0.2) is 0 Å². The van der Waals surface area contributed by atoms with Crippen LogP contribution < -0.4 is 0 Å². The maximum absolute atomic E-state index is 6.29. The Morgan fingerprint density at radius 3 is 2.38 bits per heavy atom. The van der Waals surface area contributed by atoms with Crippen molar-refractivity contribution in [2.75, 3.05) is 0 Å². The lowest BCUT2D eigenvalue weighted by Gasteiger charge is -2.27. The Morgan fingerprint density at radius 2 is 1.92 bits per heavy atom. The Bertz CT molecular complexity index is 222. The van der Waals surface area contributed by atoms with Gasteiger partial charge in [0.1, 0.15) is 4.33 Å². The lowest BCUT2D eigenvalue weighted by molar-refractivity contribution is 0.227. The molecular formula is C11H18Cl2. The first-order chi connectivity index (χ1) is 5.89. The molecule has 0 radical (unpaired) electrons. The minimum atomic E-state index is -0.406. The van der Waals surface area contributed by atoms with Crippen molar-refractivity contribution in [3.8, 4) is 0 Å². The maximum atomic E-state index is 6.29. The van der Waals surface area contributed by atoms with Gasteiger partial charge in [0.25, 0.3) is 0 Å². The average molecular weight is 221 g/mol. The smallest absolute Gasteiger partial charge is 0.101 e. The minimum Gasteiger partial charge on any atom is -0.101 e. The Balaban J connectivity index is 2.06. The first-order valence-electron chi connectivity index (χ1n) is 5.27. The zero-order chi connectivity index (χ0) is 9.85. The molecule has 0 aromatic carbocycles. The van der Waals surface area contributed by atoms with E-state index in [1.807, 2.05) is 0 Å². The highest BCUT2D eigenvalue weighted by atomic mass is 35.5. The first-order valence-corrected chi connectivity index (χ1v) is 6.03. The monoisotopic (exact) mass is 220 g/mol. The van der Waals surface area contributed by atoms with Gasteiger partial charge in [-0.1, -0.05) is 20.8 Å². The van der Waals surface area contributed by atoms with Gasteiger partial charge in [-0.05, 0) is 31.1 Å². The van der Waals surface area contributed by atoms with Crippen LogP contribution in [0.2, 0.25) is 0 Å². The van der Waals surface area contributed by atoms with Gasteiger partial charge in [-0.25, -0.2) is 0 Å². The lowest BCUT2D eigenvalue weighted by atomic mass is 9.78. The van der Waals surface area contributed by atoms with Crippen LogP contribution in [-0.4, -0.2) is 4.33 Å². The summed E-state index contributed by atoms with van der Waals surface area (Å²) in [7, 11) is 0. The van der Waals surface area contributed by atoms with E-state index >= 15 is 0 Å². The standard InChI is InChI=1S/C11H18Cl2/c1-7(2)8-4-5-10(3)9(6-8)11(10,12)13/h7-9H,4-6H2,1-3H3/t8-,9-,10+/m1/s1. The molecule has 13 heavy (non-hydrogen) atoms. The molecule has 0 nitrogen and oxygen atoms in total. The largest absolute Gasteiger partial charge is 0.127 e. The second kappa shape index (κ2) is 2.79. The fourth-order valence-electron chi connectivity index (χ4n) is 2.93. The Hall–Kier alpha value is 0.580. The van der Waals surface area contributed by atoms with Crippen LogP contribution in [0.25, 0.3) is 0 Å². The van der Waals surface area contributed by atoms with Crippen molar-refractivity contribution in [3.05, 3.63) is 0 Å². The maximum Gasteiger partial charge on any atom is 0.127 e. The second-order valence-electron chi connectivity index (χ2n) is 5.37. The fourth-order valence-corrected chi connectivity index (χ4v) is 3.94. The molecule has 0 unspecified atom stereocenters. The molecule has 0 N–H and O–H groups in total. The van der Waals surface area contributed by atoms with Gasteiger partial charge in [-0.15, -0.1) is 23.2 Å². The summed E-state index contributed by atoms with van der Waals surface area (Å²) < 4.78 is -0.406. The third-order valence-electron chi connectivity index (χ3n) is 4.40. The summed E-state index contributed by atoms with van der Waals surface area (Å²) in [6.45, 7) is 6.86. The van der Waals surface area contributed by atoms with E-state index in [9.17, 15) is 0 Å². The van der Waals surface area contributed by atoms with Crippen LogP contribution in [0, 0.1) is 23.2 Å². The molecular weight excluding hydrogens is 203 g/mol.